The van der Waals surface area contributed by atoms with Gasteiger partial charge in [-0.1, -0.05) is 12.1 Å². The zero-order valence-electron chi connectivity index (χ0n) is 10.0. The van der Waals surface area contributed by atoms with Gasteiger partial charge in [0.15, 0.2) is 6.10 Å². The Hall–Kier alpha value is -1.42. The fraction of sp³-hybridized carbons (Fsp3) is 0.462. The lowest BCUT2D eigenvalue weighted by Crippen LogP contribution is -2.19. The lowest BCUT2D eigenvalue weighted by atomic mass is 10.2. The van der Waals surface area contributed by atoms with Gasteiger partial charge in [-0.15, -0.1) is 0 Å². The molecule has 94 valence electrons. The number of rotatable bonds is 1. The van der Waals surface area contributed by atoms with E-state index in [4.69, 9.17) is 9.84 Å². The molecule has 2 unspecified atom stereocenters. The van der Waals surface area contributed by atoms with E-state index in [1.54, 1.807) is 6.07 Å². The lowest BCUT2D eigenvalue weighted by molar-refractivity contribution is -0.149. The molecule has 1 aromatic rings. The molecule has 1 saturated heterocycles. The largest absolute Gasteiger partial charge is 0.479 e. The summed E-state index contributed by atoms with van der Waals surface area (Å²) in [5, 5.41) is 8.41. The number of hydrogen-bond acceptors (Lipinski definition) is 2. The van der Waals surface area contributed by atoms with E-state index in [1.165, 1.54) is 12.1 Å². The molecule has 2 rings (SSSR count). The van der Waals surface area contributed by atoms with Crippen molar-refractivity contribution in [2.24, 2.45) is 0 Å². The van der Waals surface area contributed by atoms with E-state index >= 15 is 0 Å². The topological polar surface area (TPSA) is 46.5 Å². The molecule has 0 spiro atoms. The van der Waals surface area contributed by atoms with Crippen molar-refractivity contribution in [3.05, 3.63) is 35.6 Å². The molecule has 1 fully saturated rings. The van der Waals surface area contributed by atoms with Crippen LogP contribution in [0.4, 0.5) is 4.39 Å². The molecule has 0 amide bonds. The summed E-state index contributed by atoms with van der Waals surface area (Å²) in [7, 11) is 0. The highest BCUT2D eigenvalue weighted by molar-refractivity contribution is 5.72. The van der Waals surface area contributed by atoms with Gasteiger partial charge in [0.1, 0.15) is 5.82 Å². The van der Waals surface area contributed by atoms with E-state index in [0.717, 1.165) is 12.0 Å². The van der Waals surface area contributed by atoms with Gasteiger partial charge in [0.05, 0.1) is 6.10 Å². The molecule has 0 saturated carbocycles. The summed E-state index contributed by atoms with van der Waals surface area (Å²) in [5.41, 5.74) is 0.963. The van der Waals surface area contributed by atoms with Crippen LogP contribution in [0.1, 0.15) is 25.3 Å². The second-order valence-electron chi connectivity index (χ2n) is 4.15. The number of hydrogen-bond donors (Lipinski definition) is 1. The van der Waals surface area contributed by atoms with E-state index in [1.807, 2.05) is 19.9 Å². The molecule has 1 aromatic carbocycles. The van der Waals surface area contributed by atoms with Crippen LogP contribution in [0, 0.1) is 12.7 Å². The fourth-order valence-electron chi connectivity index (χ4n) is 1.59. The summed E-state index contributed by atoms with van der Waals surface area (Å²) < 4.78 is 17.2. The molecule has 0 bridgehead atoms. The van der Waals surface area contributed by atoms with Crippen molar-refractivity contribution in [1.29, 1.82) is 0 Å². The first-order valence-electron chi connectivity index (χ1n) is 5.59. The number of carboxylic acid groups (broad SMARTS) is 1. The van der Waals surface area contributed by atoms with Gasteiger partial charge in [0.25, 0.3) is 0 Å². The molecule has 0 radical (unpaired) electrons. The Morgan fingerprint density at radius 1 is 1.47 bits per heavy atom. The first-order chi connectivity index (χ1) is 7.99. The summed E-state index contributed by atoms with van der Waals surface area (Å²) >= 11 is 0. The zero-order valence-corrected chi connectivity index (χ0v) is 10.0. The smallest absolute Gasteiger partial charge is 0.332 e. The predicted molar refractivity (Wildman–Crippen MR) is 62.3 cm³/mol. The third-order valence-corrected chi connectivity index (χ3v) is 2.49. The maximum absolute atomic E-state index is 12.2. The minimum Gasteiger partial charge on any atom is -0.479 e. The molecule has 1 heterocycles. The number of carboxylic acids is 1. The zero-order chi connectivity index (χ0) is 12.8. The molecule has 0 aromatic heterocycles. The molecule has 4 heteroatoms. The van der Waals surface area contributed by atoms with Crippen LogP contribution in [0.15, 0.2) is 24.3 Å². The third-order valence-electron chi connectivity index (χ3n) is 2.49. The summed E-state index contributed by atoms with van der Waals surface area (Å²) in [6, 6.07) is 6.50. The van der Waals surface area contributed by atoms with Crippen LogP contribution in [0.2, 0.25) is 0 Å². The first-order valence-corrected chi connectivity index (χ1v) is 5.59. The van der Waals surface area contributed by atoms with Crippen LogP contribution in [-0.4, -0.2) is 23.3 Å². The van der Waals surface area contributed by atoms with E-state index < -0.39 is 12.1 Å². The number of carbonyl (C=O) groups is 1. The van der Waals surface area contributed by atoms with Gasteiger partial charge in [-0.25, -0.2) is 9.18 Å². The lowest BCUT2D eigenvalue weighted by Gasteiger charge is -2.03. The van der Waals surface area contributed by atoms with Crippen LogP contribution >= 0.6 is 0 Å². The molecule has 0 aliphatic carbocycles. The van der Waals surface area contributed by atoms with Gasteiger partial charge in [-0.3, -0.25) is 0 Å². The maximum Gasteiger partial charge on any atom is 0.332 e. The Kier molecular flexibility index (Phi) is 5.10. The Morgan fingerprint density at radius 3 is 2.47 bits per heavy atom. The second kappa shape index (κ2) is 6.35. The minimum absolute atomic E-state index is 0.131. The Bertz CT molecular complexity index is 361. The maximum atomic E-state index is 12.2. The van der Waals surface area contributed by atoms with E-state index in [-0.39, 0.29) is 11.9 Å². The van der Waals surface area contributed by atoms with Crippen LogP contribution in [0.5, 0.6) is 0 Å². The summed E-state index contributed by atoms with van der Waals surface area (Å²) in [5.74, 6) is -0.996. The van der Waals surface area contributed by atoms with Crippen LogP contribution < -0.4 is 0 Å². The van der Waals surface area contributed by atoms with E-state index in [9.17, 15) is 9.18 Å². The van der Waals surface area contributed by atoms with Gasteiger partial charge in [-0.05, 0) is 44.4 Å². The second-order valence-corrected chi connectivity index (χ2v) is 4.15. The number of ether oxygens (including phenoxy) is 1. The third kappa shape index (κ3) is 4.95. The van der Waals surface area contributed by atoms with Crippen LogP contribution in [0.25, 0.3) is 0 Å². The van der Waals surface area contributed by atoms with Crippen molar-refractivity contribution in [1.82, 2.24) is 0 Å². The average Bonchev–Trinajstić information content (AvgIpc) is 2.65. The van der Waals surface area contributed by atoms with Crippen molar-refractivity contribution in [3.8, 4) is 0 Å². The van der Waals surface area contributed by atoms with E-state index in [0.29, 0.717) is 6.42 Å². The Labute approximate surface area is 100 Å². The van der Waals surface area contributed by atoms with Crippen molar-refractivity contribution >= 4 is 5.97 Å². The number of aliphatic carboxylic acids is 1. The molecule has 3 nitrogen and oxygen atoms in total. The summed E-state index contributed by atoms with van der Waals surface area (Å²) in [6.07, 6.45) is 1.12. The highest BCUT2D eigenvalue weighted by Crippen LogP contribution is 2.18. The van der Waals surface area contributed by atoms with Crippen molar-refractivity contribution in [3.63, 3.8) is 0 Å². The number of halogens is 1. The molecular weight excluding hydrogens is 223 g/mol. The van der Waals surface area contributed by atoms with Gasteiger partial charge in [-0.2, -0.15) is 0 Å². The highest BCUT2D eigenvalue weighted by atomic mass is 19.1. The van der Waals surface area contributed by atoms with Crippen LogP contribution in [-0.2, 0) is 9.53 Å². The molecule has 2 atom stereocenters. The average molecular weight is 240 g/mol. The highest BCUT2D eigenvalue weighted by Gasteiger charge is 2.27. The van der Waals surface area contributed by atoms with Gasteiger partial charge in [0.2, 0.25) is 0 Å². The fourth-order valence-corrected chi connectivity index (χ4v) is 1.59. The standard InChI is InChI=1S/C7H7F.C6H10O3/c1-6-3-2-4-7(8)5-6;1-4-2-3-5(9-4)6(7)8/h2-5H,1H3;4-5H,2-3H2,1H3,(H,7,8). The number of benzene rings is 1. The van der Waals surface area contributed by atoms with E-state index in [2.05, 4.69) is 0 Å². The van der Waals surface area contributed by atoms with Gasteiger partial charge >= 0.3 is 5.97 Å². The van der Waals surface area contributed by atoms with Crippen molar-refractivity contribution in [2.45, 2.75) is 38.9 Å². The molecular formula is C13H17FO3. The quantitative estimate of drug-likeness (QED) is 0.821. The Balaban J connectivity index is 0.000000171. The number of aryl methyl sites for hydroxylation is 1. The summed E-state index contributed by atoms with van der Waals surface area (Å²) in [6.45, 7) is 3.76. The Morgan fingerprint density at radius 2 is 2.18 bits per heavy atom. The molecule has 1 N–H and O–H groups in total. The van der Waals surface area contributed by atoms with Crippen LogP contribution in [0.3, 0.4) is 0 Å². The van der Waals surface area contributed by atoms with Crippen molar-refractivity contribution < 1.29 is 19.0 Å². The molecule has 1 aliphatic heterocycles. The predicted octanol–water partition coefficient (Wildman–Crippen LogP) is 2.77. The first kappa shape index (κ1) is 13.6. The normalized spacial score (nSPS) is 22.8. The van der Waals surface area contributed by atoms with Gasteiger partial charge in [0, 0.05) is 0 Å². The summed E-state index contributed by atoms with van der Waals surface area (Å²) in [4.78, 5) is 10.2. The minimum atomic E-state index is -0.834. The molecule has 1 aliphatic rings. The van der Waals surface area contributed by atoms with Crippen molar-refractivity contribution in [2.75, 3.05) is 0 Å². The van der Waals surface area contributed by atoms with Gasteiger partial charge < -0.3 is 9.84 Å². The SMILES string of the molecule is CC1CCC(C(=O)O)O1.Cc1cccc(F)c1. The molecule has 17 heavy (non-hydrogen) atoms. The monoisotopic (exact) mass is 240 g/mol.